The highest BCUT2D eigenvalue weighted by atomic mass is 32.2. The van der Waals surface area contributed by atoms with E-state index in [-0.39, 0.29) is 17.6 Å². The molecule has 1 aliphatic heterocycles. The third-order valence-electron chi connectivity index (χ3n) is 5.21. The number of rotatable bonds is 6. The van der Waals surface area contributed by atoms with Gasteiger partial charge in [0.2, 0.25) is 5.91 Å². The fraction of sp³-hybridized carbons (Fsp3) is 0.476. The van der Waals surface area contributed by atoms with E-state index in [0.29, 0.717) is 13.1 Å². The molecular formula is C21H27N3O4S. The van der Waals surface area contributed by atoms with Gasteiger partial charge in [-0.3, -0.25) is 4.79 Å². The van der Waals surface area contributed by atoms with Gasteiger partial charge in [0.05, 0.1) is 18.6 Å². The largest absolute Gasteiger partial charge is 0.497 e. The average Bonchev–Trinajstić information content (AvgIpc) is 2.72. The first-order valence-electron chi connectivity index (χ1n) is 9.70. The number of likely N-dealkylation sites (tertiary alicyclic amines) is 1. The van der Waals surface area contributed by atoms with E-state index in [2.05, 4.69) is 4.98 Å². The summed E-state index contributed by atoms with van der Waals surface area (Å²) in [5, 5.41) is 0. The quantitative estimate of drug-likeness (QED) is 0.718. The van der Waals surface area contributed by atoms with Gasteiger partial charge in [-0.25, -0.2) is 18.4 Å². The second kappa shape index (κ2) is 8.90. The molecule has 0 spiro atoms. The van der Waals surface area contributed by atoms with Crippen molar-refractivity contribution in [2.45, 2.75) is 25.7 Å². The monoisotopic (exact) mass is 417 g/mol. The minimum absolute atomic E-state index is 0.0956. The van der Waals surface area contributed by atoms with E-state index >= 15 is 0 Å². The third-order valence-corrected chi connectivity index (χ3v) is 6.31. The molecule has 1 saturated heterocycles. The smallest absolute Gasteiger partial charge is 0.226 e. The highest BCUT2D eigenvalue weighted by Gasteiger charge is 2.29. The lowest BCUT2D eigenvalue weighted by Gasteiger charge is -2.33. The number of amides is 1. The molecule has 1 aromatic heterocycles. The van der Waals surface area contributed by atoms with Gasteiger partial charge < -0.3 is 9.64 Å². The van der Waals surface area contributed by atoms with E-state index in [0.717, 1.165) is 41.9 Å². The van der Waals surface area contributed by atoms with E-state index in [1.54, 1.807) is 25.1 Å². The molecule has 7 nitrogen and oxygen atoms in total. The lowest BCUT2D eigenvalue weighted by Crippen LogP contribution is -2.42. The number of nitrogens with zero attached hydrogens (tertiary/aromatic N) is 3. The molecule has 1 aromatic carbocycles. The van der Waals surface area contributed by atoms with Crippen molar-refractivity contribution in [2.75, 3.05) is 32.2 Å². The maximum atomic E-state index is 12.5. The third kappa shape index (κ3) is 5.53. The van der Waals surface area contributed by atoms with Crippen molar-refractivity contribution in [3.8, 4) is 17.0 Å². The van der Waals surface area contributed by atoms with Crippen molar-refractivity contribution in [1.82, 2.24) is 14.9 Å². The molecule has 1 unspecified atom stereocenters. The summed E-state index contributed by atoms with van der Waals surface area (Å²) in [4.78, 5) is 23.5. The Labute approximate surface area is 172 Å². The van der Waals surface area contributed by atoms with Gasteiger partial charge in [0, 0.05) is 42.9 Å². The minimum Gasteiger partial charge on any atom is -0.497 e. The van der Waals surface area contributed by atoms with Gasteiger partial charge in [-0.15, -0.1) is 0 Å². The molecule has 0 aliphatic carbocycles. The summed E-state index contributed by atoms with van der Waals surface area (Å²) < 4.78 is 28.1. The zero-order valence-corrected chi connectivity index (χ0v) is 17.9. The van der Waals surface area contributed by atoms with Crippen LogP contribution in [0.3, 0.4) is 0 Å². The highest BCUT2D eigenvalue weighted by molar-refractivity contribution is 7.90. The van der Waals surface area contributed by atoms with Gasteiger partial charge in [-0.05, 0) is 43.2 Å². The van der Waals surface area contributed by atoms with Crippen LogP contribution in [0.5, 0.6) is 5.75 Å². The van der Waals surface area contributed by atoms with E-state index in [1.165, 1.54) is 0 Å². The lowest BCUT2D eigenvalue weighted by atomic mass is 9.95. The van der Waals surface area contributed by atoms with Crippen LogP contribution in [0.2, 0.25) is 0 Å². The van der Waals surface area contributed by atoms with Gasteiger partial charge in [-0.2, -0.15) is 0 Å². The molecule has 0 saturated carbocycles. The van der Waals surface area contributed by atoms with Gasteiger partial charge in [-0.1, -0.05) is 6.92 Å². The Hall–Kier alpha value is -2.48. The van der Waals surface area contributed by atoms with Gasteiger partial charge >= 0.3 is 0 Å². The van der Waals surface area contributed by atoms with Crippen LogP contribution in [0.1, 0.15) is 31.5 Å². The van der Waals surface area contributed by atoms with Crippen molar-refractivity contribution in [3.63, 3.8) is 0 Å². The molecule has 2 aromatic rings. The number of hydrogen-bond acceptors (Lipinski definition) is 6. The predicted octanol–water partition coefficient (Wildman–Crippen LogP) is 2.54. The molecule has 1 fully saturated rings. The van der Waals surface area contributed by atoms with E-state index in [1.807, 2.05) is 30.3 Å². The molecule has 0 N–H and O–H groups in total. The number of aromatic nitrogens is 2. The molecule has 1 aliphatic rings. The standard InChI is InChI=1S/C21H27N3O4S/c1-15(14-29(3,26)27)21(25)24-12-9-17(10-13-24)20-22-11-8-19(23-20)16-4-6-18(28-2)7-5-16/h4-8,11,15,17H,9-10,12-14H2,1-3H3. The molecule has 0 radical (unpaired) electrons. The lowest BCUT2D eigenvalue weighted by molar-refractivity contribution is -0.135. The fourth-order valence-electron chi connectivity index (χ4n) is 3.69. The Morgan fingerprint density at radius 2 is 1.86 bits per heavy atom. The van der Waals surface area contributed by atoms with E-state index < -0.39 is 15.8 Å². The summed E-state index contributed by atoms with van der Waals surface area (Å²) in [6.07, 6.45) is 4.47. The Kier molecular flexibility index (Phi) is 6.52. The Morgan fingerprint density at radius 3 is 2.45 bits per heavy atom. The maximum absolute atomic E-state index is 12.5. The zero-order valence-electron chi connectivity index (χ0n) is 17.0. The average molecular weight is 418 g/mol. The van der Waals surface area contributed by atoms with Gasteiger partial charge in [0.25, 0.3) is 0 Å². The molecule has 156 valence electrons. The van der Waals surface area contributed by atoms with Crippen LogP contribution >= 0.6 is 0 Å². The number of ether oxygens (including phenoxy) is 1. The Bertz CT molecular complexity index is 952. The molecule has 2 heterocycles. The van der Waals surface area contributed by atoms with Crippen molar-refractivity contribution in [3.05, 3.63) is 42.4 Å². The Balaban J connectivity index is 1.64. The number of piperidine rings is 1. The van der Waals surface area contributed by atoms with E-state index in [4.69, 9.17) is 9.72 Å². The summed E-state index contributed by atoms with van der Waals surface area (Å²) in [5.41, 5.74) is 1.86. The summed E-state index contributed by atoms with van der Waals surface area (Å²) in [6.45, 7) is 2.86. The molecule has 1 atom stereocenters. The molecular weight excluding hydrogens is 390 g/mol. The highest BCUT2D eigenvalue weighted by Crippen LogP contribution is 2.28. The zero-order chi connectivity index (χ0) is 21.0. The first-order chi connectivity index (χ1) is 13.8. The number of benzene rings is 1. The Morgan fingerprint density at radius 1 is 1.21 bits per heavy atom. The van der Waals surface area contributed by atoms with Crippen molar-refractivity contribution < 1.29 is 17.9 Å². The van der Waals surface area contributed by atoms with E-state index in [9.17, 15) is 13.2 Å². The summed E-state index contributed by atoms with van der Waals surface area (Å²) >= 11 is 0. The first-order valence-corrected chi connectivity index (χ1v) is 11.8. The van der Waals surface area contributed by atoms with Crippen molar-refractivity contribution >= 4 is 15.7 Å². The number of carbonyl (C=O) groups is 1. The summed E-state index contributed by atoms with van der Waals surface area (Å²) in [7, 11) is -1.54. The number of sulfone groups is 1. The van der Waals surface area contributed by atoms with Crippen LogP contribution in [0.4, 0.5) is 0 Å². The van der Waals surface area contributed by atoms with Crippen LogP contribution in [-0.2, 0) is 14.6 Å². The fourth-order valence-corrected chi connectivity index (χ4v) is 4.74. The SMILES string of the molecule is COc1ccc(-c2ccnc(C3CCN(C(=O)C(C)CS(C)(=O)=O)CC3)n2)cc1. The van der Waals surface area contributed by atoms with Gasteiger partial charge in [0.1, 0.15) is 21.4 Å². The maximum Gasteiger partial charge on any atom is 0.226 e. The summed E-state index contributed by atoms with van der Waals surface area (Å²) in [5.74, 6) is 1.04. The predicted molar refractivity (Wildman–Crippen MR) is 111 cm³/mol. The molecule has 8 heteroatoms. The van der Waals surface area contributed by atoms with Crippen molar-refractivity contribution in [1.29, 1.82) is 0 Å². The number of methoxy groups -OCH3 is 1. The molecule has 0 bridgehead atoms. The molecule has 29 heavy (non-hydrogen) atoms. The van der Waals surface area contributed by atoms with Crippen LogP contribution in [-0.4, -0.2) is 61.4 Å². The topological polar surface area (TPSA) is 89.5 Å². The second-order valence-corrected chi connectivity index (χ2v) is 9.81. The minimum atomic E-state index is -3.17. The van der Waals surface area contributed by atoms with Gasteiger partial charge in [0.15, 0.2) is 0 Å². The van der Waals surface area contributed by atoms with Crippen LogP contribution < -0.4 is 4.74 Å². The summed E-state index contributed by atoms with van der Waals surface area (Å²) in [6, 6.07) is 9.62. The van der Waals surface area contributed by atoms with Crippen molar-refractivity contribution in [2.24, 2.45) is 5.92 Å². The van der Waals surface area contributed by atoms with Crippen LogP contribution in [0.25, 0.3) is 11.3 Å². The van der Waals surface area contributed by atoms with Crippen LogP contribution in [0, 0.1) is 5.92 Å². The molecule has 3 rings (SSSR count). The molecule has 1 amide bonds. The first kappa shape index (κ1) is 21.2. The number of carbonyl (C=O) groups excluding carboxylic acids is 1. The number of hydrogen-bond donors (Lipinski definition) is 0. The van der Waals surface area contributed by atoms with Crippen LogP contribution in [0.15, 0.2) is 36.5 Å². The second-order valence-electron chi connectivity index (χ2n) is 7.62. The normalized spacial score (nSPS) is 16.4.